The molecule has 0 radical (unpaired) electrons. The number of imidazole rings is 1. The zero-order valence-corrected chi connectivity index (χ0v) is 19.8. The molecule has 5 atom stereocenters. The van der Waals surface area contributed by atoms with E-state index in [-0.39, 0.29) is 23.1 Å². The molecule has 0 spiro atoms. The van der Waals surface area contributed by atoms with Crippen LogP contribution < -0.4 is 10.9 Å². The van der Waals surface area contributed by atoms with E-state index in [0.29, 0.717) is 30.5 Å². The van der Waals surface area contributed by atoms with Crippen LogP contribution in [0.5, 0.6) is 0 Å². The summed E-state index contributed by atoms with van der Waals surface area (Å²) in [6, 6.07) is 0. The first-order valence-corrected chi connectivity index (χ1v) is 12.6. The van der Waals surface area contributed by atoms with Crippen molar-refractivity contribution < 1.29 is 13.8 Å². The first kappa shape index (κ1) is 23.2. The van der Waals surface area contributed by atoms with Gasteiger partial charge in [-0.3, -0.25) is 23.4 Å². The van der Waals surface area contributed by atoms with Gasteiger partial charge in [-0.1, -0.05) is 27.7 Å². The minimum Gasteiger partial charge on any atom is -0.355 e. The monoisotopic (exact) mass is 460 g/mol. The fourth-order valence-electron chi connectivity index (χ4n) is 3.43. The molecule has 0 bridgehead atoms. The highest BCUT2D eigenvalue weighted by Gasteiger charge is 2.46. The summed E-state index contributed by atoms with van der Waals surface area (Å²) in [4.78, 5) is 24.0. The number of fused-ring (bicyclic) bond motifs is 1. The number of hydrogen-bond donors (Lipinski definition) is 2. The van der Waals surface area contributed by atoms with Crippen LogP contribution >= 0.6 is 18.1 Å². The highest BCUT2D eigenvalue weighted by molar-refractivity contribution is 7.83. The van der Waals surface area contributed by atoms with Crippen molar-refractivity contribution in [2.45, 2.75) is 52.6 Å². The van der Waals surface area contributed by atoms with E-state index in [1.165, 1.54) is 4.67 Å². The summed E-state index contributed by atoms with van der Waals surface area (Å²) in [5.74, 6) is 0.569. The van der Waals surface area contributed by atoms with Crippen molar-refractivity contribution in [1.82, 2.24) is 24.2 Å². The summed E-state index contributed by atoms with van der Waals surface area (Å²) in [6.45, 7) is 5.24. The van der Waals surface area contributed by atoms with E-state index in [9.17, 15) is 9.36 Å². The zero-order chi connectivity index (χ0) is 22.2. The predicted molar refractivity (Wildman–Crippen MR) is 117 cm³/mol. The second-order valence-electron chi connectivity index (χ2n) is 8.21. The maximum Gasteiger partial charge on any atom is 0.362 e. The smallest absolute Gasteiger partial charge is 0.355 e. The molecule has 1 aliphatic rings. The summed E-state index contributed by atoms with van der Waals surface area (Å²) in [7, 11) is 3.22. The van der Waals surface area contributed by atoms with Crippen LogP contribution in [0.15, 0.2) is 11.1 Å². The molecular formula is C18H30ClN6O4P. The molecule has 12 heteroatoms. The Hall–Kier alpha value is -1.45. The molecule has 2 aromatic heterocycles. The summed E-state index contributed by atoms with van der Waals surface area (Å²) in [5.41, 5.74) is 0.321. The van der Waals surface area contributed by atoms with Crippen LogP contribution in [0.3, 0.4) is 0 Å². The van der Waals surface area contributed by atoms with Gasteiger partial charge in [0.15, 0.2) is 11.2 Å². The average molecular weight is 461 g/mol. The third kappa shape index (κ3) is 4.57. The van der Waals surface area contributed by atoms with Crippen molar-refractivity contribution in [1.29, 1.82) is 0 Å². The molecule has 0 aromatic carbocycles. The van der Waals surface area contributed by atoms with E-state index in [0.717, 1.165) is 0 Å². The zero-order valence-electron chi connectivity index (χ0n) is 18.1. The third-order valence-electron chi connectivity index (χ3n) is 5.16. The Kier molecular flexibility index (Phi) is 6.94. The van der Waals surface area contributed by atoms with Gasteiger partial charge in [-0.05, 0) is 37.7 Å². The fraction of sp³-hybridized carbons (Fsp3) is 0.722. The standard InChI is InChI=1S/C18H30ClN6O4P/c1-7-12-14(29-30(19,27)24(5)6)11(4)17(28-12)25-9-21-13-15(25)22-18(23-16(13)26)20-8-10(2)3/h9-12,14,17H,7-8H2,1-6H3,(H2,20,22,23,26)/t11?,12-,14-,17-,30?/m1/s1. The first-order chi connectivity index (χ1) is 14.0. The van der Waals surface area contributed by atoms with Crippen molar-refractivity contribution in [2.24, 2.45) is 11.8 Å². The Morgan fingerprint density at radius 3 is 2.77 bits per heavy atom. The van der Waals surface area contributed by atoms with Gasteiger partial charge in [0, 0.05) is 12.5 Å². The van der Waals surface area contributed by atoms with Gasteiger partial charge in [-0.15, -0.1) is 0 Å². The molecule has 3 rings (SSSR count). The Morgan fingerprint density at radius 1 is 1.47 bits per heavy atom. The van der Waals surface area contributed by atoms with E-state index < -0.39 is 19.2 Å². The van der Waals surface area contributed by atoms with Crippen molar-refractivity contribution in [3.63, 3.8) is 0 Å². The largest absolute Gasteiger partial charge is 0.362 e. The number of anilines is 1. The van der Waals surface area contributed by atoms with E-state index in [1.807, 2.05) is 13.8 Å². The Morgan fingerprint density at radius 2 is 2.17 bits per heavy atom. The topological polar surface area (TPSA) is 114 Å². The summed E-state index contributed by atoms with van der Waals surface area (Å²) < 4.78 is 27.8. The molecule has 2 N–H and O–H groups in total. The van der Waals surface area contributed by atoms with Crippen LogP contribution in [-0.4, -0.2) is 57.0 Å². The quantitative estimate of drug-likeness (QED) is 0.576. The number of halogens is 1. The van der Waals surface area contributed by atoms with Crippen LogP contribution in [0.4, 0.5) is 5.95 Å². The minimum absolute atomic E-state index is 0.201. The number of H-pyrrole nitrogens is 1. The highest BCUT2D eigenvalue weighted by Crippen LogP contribution is 2.58. The summed E-state index contributed by atoms with van der Waals surface area (Å²) in [6.07, 6.45) is 0.911. The number of aromatic amines is 1. The van der Waals surface area contributed by atoms with E-state index in [4.69, 9.17) is 20.5 Å². The number of aromatic nitrogens is 4. The highest BCUT2D eigenvalue weighted by atomic mass is 35.7. The number of rotatable bonds is 8. The molecule has 2 aromatic rings. The molecule has 30 heavy (non-hydrogen) atoms. The van der Waals surface area contributed by atoms with Crippen LogP contribution in [0.2, 0.25) is 0 Å². The molecule has 10 nitrogen and oxygen atoms in total. The lowest BCUT2D eigenvalue weighted by molar-refractivity contribution is -0.0184. The Balaban J connectivity index is 1.95. The lowest BCUT2D eigenvalue weighted by atomic mass is 10.0. The van der Waals surface area contributed by atoms with Crippen LogP contribution in [0.1, 0.15) is 40.3 Å². The van der Waals surface area contributed by atoms with Gasteiger partial charge < -0.3 is 10.1 Å². The minimum atomic E-state index is -3.47. The average Bonchev–Trinajstić information content (AvgIpc) is 3.21. The van der Waals surface area contributed by atoms with Crippen LogP contribution in [0, 0.1) is 11.8 Å². The fourth-order valence-corrected chi connectivity index (χ4v) is 4.53. The molecule has 1 saturated heterocycles. The number of ether oxygens (including phenoxy) is 1. The molecular weight excluding hydrogens is 431 g/mol. The maximum absolute atomic E-state index is 12.6. The van der Waals surface area contributed by atoms with Crippen molar-refractivity contribution in [3.05, 3.63) is 16.7 Å². The van der Waals surface area contributed by atoms with Gasteiger partial charge >= 0.3 is 6.87 Å². The molecule has 1 aliphatic heterocycles. The lowest BCUT2D eigenvalue weighted by Crippen LogP contribution is -2.29. The molecule has 0 amide bonds. The Labute approximate surface area is 180 Å². The normalized spacial score (nSPS) is 26.6. The summed E-state index contributed by atoms with van der Waals surface area (Å²) >= 11 is 6.13. The number of nitrogens with zero attached hydrogens (tertiary/aromatic N) is 4. The molecule has 3 heterocycles. The third-order valence-corrected chi connectivity index (χ3v) is 7.77. The van der Waals surface area contributed by atoms with Crippen LogP contribution in [0.25, 0.3) is 11.2 Å². The number of hydrogen-bond acceptors (Lipinski definition) is 7. The van der Waals surface area contributed by atoms with Gasteiger partial charge in [-0.2, -0.15) is 4.98 Å². The maximum atomic E-state index is 12.6. The van der Waals surface area contributed by atoms with Gasteiger partial charge in [0.25, 0.3) is 5.56 Å². The molecule has 0 saturated carbocycles. The lowest BCUT2D eigenvalue weighted by Gasteiger charge is -2.26. The predicted octanol–water partition coefficient (Wildman–Crippen LogP) is 3.42. The van der Waals surface area contributed by atoms with E-state index >= 15 is 0 Å². The molecule has 0 aliphatic carbocycles. The molecule has 1 fully saturated rings. The number of nitrogens with one attached hydrogen (secondary N) is 2. The van der Waals surface area contributed by atoms with E-state index in [2.05, 4.69) is 34.1 Å². The van der Waals surface area contributed by atoms with E-state index in [1.54, 1.807) is 25.0 Å². The van der Waals surface area contributed by atoms with Gasteiger partial charge in [0.05, 0.1) is 12.4 Å². The van der Waals surface area contributed by atoms with Crippen molar-refractivity contribution in [3.8, 4) is 0 Å². The van der Waals surface area contributed by atoms with Crippen molar-refractivity contribution >= 4 is 35.2 Å². The van der Waals surface area contributed by atoms with Crippen molar-refractivity contribution in [2.75, 3.05) is 26.0 Å². The second-order valence-corrected chi connectivity index (χ2v) is 11.4. The second kappa shape index (κ2) is 8.96. The Bertz CT molecular complexity index is 993. The van der Waals surface area contributed by atoms with Gasteiger partial charge in [0.2, 0.25) is 5.95 Å². The van der Waals surface area contributed by atoms with Gasteiger partial charge in [0.1, 0.15) is 12.3 Å². The van der Waals surface area contributed by atoms with Crippen LogP contribution in [-0.2, 0) is 13.8 Å². The first-order valence-electron chi connectivity index (χ1n) is 10.1. The summed E-state index contributed by atoms with van der Waals surface area (Å²) in [5, 5.41) is 3.14. The molecule has 168 valence electrons. The van der Waals surface area contributed by atoms with Gasteiger partial charge in [-0.25, -0.2) is 9.65 Å². The SMILES string of the molecule is CC[C@H]1O[C@@H](n2cnc3c(=O)[nH]c(NCC(C)C)nc32)C(C)[C@H]1OP(=O)(Cl)N(C)C. The molecule has 2 unspecified atom stereocenters.